The minimum Gasteiger partial charge on any atom is -0.492 e. The van der Waals surface area contributed by atoms with Gasteiger partial charge < -0.3 is 19.3 Å². The number of hydrogen-bond acceptors (Lipinski definition) is 6. The number of rotatable bonds is 8. The standard InChI is InChI=1S/C22H29N3O4/c1-14-21(15(2)29-24-14)19-12-17(23-22(26)16-4-5-16)6-7-20(19)28-11-10-25-9-8-18(13-25)27-3/h6-7,12,16,18H,4-5,8-11,13H2,1-3H3,(H,23,26). The van der Waals surface area contributed by atoms with E-state index in [9.17, 15) is 4.79 Å². The van der Waals surface area contributed by atoms with Crippen LogP contribution in [-0.4, -0.2) is 55.4 Å². The summed E-state index contributed by atoms with van der Waals surface area (Å²) < 4.78 is 17.0. The van der Waals surface area contributed by atoms with Crippen LogP contribution in [0.25, 0.3) is 11.1 Å². The fraction of sp³-hybridized carbons (Fsp3) is 0.545. The second kappa shape index (κ2) is 8.55. The monoisotopic (exact) mass is 399 g/mol. The molecule has 1 aromatic heterocycles. The van der Waals surface area contributed by atoms with Crippen LogP contribution in [0.1, 0.15) is 30.7 Å². The molecule has 4 rings (SSSR count). The van der Waals surface area contributed by atoms with Crippen molar-refractivity contribution in [3.63, 3.8) is 0 Å². The lowest BCUT2D eigenvalue weighted by atomic mass is 10.0. The first kappa shape index (κ1) is 19.9. The third-order valence-corrected chi connectivity index (χ3v) is 5.73. The van der Waals surface area contributed by atoms with Crippen LogP contribution in [0.15, 0.2) is 22.7 Å². The molecule has 1 saturated heterocycles. The lowest BCUT2D eigenvalue weighted by molar-refractivity contribution is -0.117. The largest absolute Gasteiger partial charge is 0.492 e. The Morgan fingerprint density at radius 1 is 1.31 bits per heavy atom. The molecule has 2 fully saturated rings. The van der Waals surface area contributed by atoms with E-state index in [1.807, 2.05) is 32.0 Å². The summed E-state index contributed by atoms with van der Waals surface area (Å²) in [4.78, 5) is 14.5. The predicted molar refractivity (Wildman–Crippen MR) is 110 cm³/mol. The number of methoxy groups -OCH3 is 1. The molecular formula is C22H29N3O4. The van der Waals surface area contributed by atoms with Gasteiger partial charge in [-0.05, 0) is 51.3 Å². The quantitative estimate of drug-likeness (QED) is 0.733. The van der Waals surface area contributed by atoms with Crippen LogP contribution < -0.4 is 10.1 Å². The van der Waals surface area contributed by atoms with E-state index in [-0.39, 0.29) is 11.8 Å². The Labute approximate surface area is 171 Å². The maximum atomic E-state index is 12.2. The van der Waals surface area contributed by atoms with Crippen molar-refractivity contribution in [3.8, 4) is 16.9 Å². The number of carbonyl (C=O) groups excluding carboxylic acids is 1. The van der Waals surface area contributed by atoms with Gasteiger partial charge in [-0.2, -0.15) is 0 Å². The van der Waals surface area contributed by atoms with Crippen LogP contribution in [0.5, 0.6) is 5.75 Å². The maximum Gasteiger partial charge on any atom is 0.227 e. The van der Waals surface area contributed by atoms with Crippen LogP contribution in [0.2, 0.25) is 0 Å². The van der Waals surface area contributed by atoms with E-state index in [2.05, 4.69) is 15.4 Å². The molecule has 1 unspecified atom stereocenters. The number of hydrogen-bond donors (Lipinski definition) is 1. The molecule has 2 aromatic rings. The van der Waals surface area contributed by atoms with E-state index in [1.54, 1.807) is 7.11 Å². The van der Waals surface area contributed by atoms with E-state index in [0.717, 1.165) is 72.9 Å². The predicted octanol–water partition coefficient (Wildman–Crippen LogP) is 3.41. The molecule has 2 aliphatic rings. The van der Waals surface area contributed by atoms with Crippen LogP contribution in [-0.2, 0) is 9.53 Å². The molecule has 1 N–H and O–H groups in total. The molecule has 7 nitrogen and oxygen atoms in total. The first-order chi connectivity index (χ1) is 14.0. The van der Waals surface area contributed by atoms with Gasteiger partial charge in [0.25, 0.3) is 0 Å². The summed E-state index contributed by atoms with van der Waals surface area (Å²) in [5.74, 6) is 1.75. The molecule has 1 aromatic carbocycles. The zero-order chi connectivity index (χ0) is 20.4. The third-order valence-electron chi connectivity index (χ3n) is 5.73. The molecule has 1 aliphatic heterocycles. The molecule has 1 amide bonds. The second-order valence-electron chi connectivity index (χ2n) is 7.97. The van der Waals surface area contributed by atoms with Crippen molar-refractivity contribution in [3.05, 3.63) is 29.7 Å². The molecule has 1 saturated carbocycles. The number of aryl methyl sites for hydroxylation is 2. The average molecular weight is 399 g/mol. The van der Waals surface area contributed by atoms with E-state index < -0.39 is 0 Å². The van der Waals surface area contributed by atoms with Crippen molar-refractivity contribution in [1.82, 2.24) is 10.1 Å². The Morgan fingerprint density at radius 2 is 2.14 bits per heavy atom. The van der Waals surface area contributed by atoms with Gasteiger partial charge in [0.05, 0.1) is 17.4 Å². The highest BCUT2D eigenvalue weighted by atomic mass is 16.5. The number of likely N-dealkylation sites (tertiary alicyclic amines) is 1. The van der Waals surface area contributed by atoms with Gasteiger partial charge in [0, 0.05) is 43.9 Å². The van der Waals surface area contributed by atoms with Gasteiger partial charge in [-0.3, -0.25) is 9.69 Å². The zero-order valence-electron chi connectivity index (χ0n) is 17.4. The Morgan fingerprint density at radius 3 is 2.79 bits per heavy atom. The molecule has 1 atom stereocenters. The zero-order valence-corrected chi connectivity index (χ0v) is 17.4. The third kappa shape index (κ3) is 4.62. The molecule has 156 valence electrons. The number of amides is 1. The fourth-order valence-corrected chi connectivity index (χ4v) is 3.86. The normalized spacial score (nSPS) is 19.5. The highest BCUT2D eigenvalue weighted by Gasteiger charge is 2.30. The second-order valence-corrected chi connectivity index (χ2v) is 7.97. The van der Waals surface area contributed by atoms with Gasteiger partial charge in [0.15, 0.2) is 0 Å². The maximum absolute atomic E-state index is 12.2. The van der Waals surface area contributed by atoms with Crippen LogP contribution in [0, 0.1) is 19.8 Å². The first-order valence-electron chi connectivity index (χ1n) is 10.3. The molecule has 29 heavy (non-hydrogen) atoms. The average Bonchev–Trinajstić information content (AvgIpc) is 3.38. The highest BCUT2D eigenvalue weighted by Crippen LogP contribution is 2.37. The number of ether oxygens (including phenoxy) is 2. The van der Waals surface area contributed by atoms with E-state index in [4.69, 9.17) is 14.0 Å². The lowest BCUT2D eigenvalue weighted by Crippen LogP contribution is -2.27. The van der Waals surface area contributed by atoms with E-state index >= 15 is 0 Å². The SMILES string of the molecule is COC1CCN(CCOc2ccc(NC(=O)C3CC3)cc2-c2c(C)noc2C)C1. The summed E-state index contributed by atoms with van der Waals surface area (Å²) in [6.07, 6.45) is 3.34. The Balaban J connectivity index is 1.50. The summed E-state index contributed by atoms with van der Waals surface area (Å²) in [5, 5.41) is 7.10. The van der Waals surface area contributed by atoms with E-state index in [0.29, 0.717) is 12.7 Å². The summed E-state index contributed by atoms with van der Waals surface area (Å²) >= 11 is 0. The fourth-order valence-electron chi connectivity index (χ4n) is 3.86. The van der Waals surface area contributed by atoms with Gasteiger partial charge in [-0.15, -0.1) is 0 Å². The van der Waals surface area contributed by atoms with Crippen molar-refractivity contribution in [2.45, 2.75) is 39.2 Å². The molecule has 2 heterocycles. The van der Waals surface area contributed by atoms with Crippen molar-refractivity contribution in [2.24, 2.45) is 5.92 Å². The van der Waals surface area contributed by atoms with Gasteiger partial charge in [0.2, 0.25) is 5.91 Å². The summed E-state index contributed by atoms with van der Waals surface area (Å²) in [7, 11) is 1.77. The number of nitrogens with zero attached hydrogens (tertiary/aromatic N) is 2. The topological polar surface area (TPSA) is 76.8 Å². The summed E-state index contributed by atoms with van der Waals surface area (Å²) in [5.41, 5.74) is 3.39. The molecule has 0 radical (unpaired) electrons. The molecule has 0 spiro atoms. The Hall–Kier alpha value is -2.38. The van der Waals surface area contributed by atoms with Gasteiger partial charge in [-0.1, -0.05) is 5.16 Å². The highest BCUT2D eigenvalue weighted by molar-refractivity contribution is 5.95. The Bertz CT molecular complexity index is 855. The number of nitrogens with one attached hydrogen (secondary N) is 1. The summed E-state index contributed by atoms with van der Waals surface area (Å²) in [6.45, 7) is 7.22. The van der Waals surface area contributed by atoms with Crippen LogP contribution in [0.3, 0.4) is 0 Å². The van der Waals surface area contributed by atoms with Gasteiger partial charge in [-0.25, -0.2) is 0 Å². The number of carbonyl (C=O) groups is 1. The van der Waals surface area contributed by atoms with Crippen molar-refractivity contribution < 1.29 is 18.8 Å². The Kier molecular flexibility index (Phi) is 5.87. The molecular weight excluding hydrogens is 370 g/mol. The summed E-state index contributed by atoms with van der Waals surface area (Å²) in [6, 6.07) is 5.78. The first-order valence-corrected chi connectivity index (χ1v) is 10.3. The van der Waals surface area contributed by atoms with Gasteiger partial charge in [0.1, 0.15) is 18.1 Å². The van der Waals surface area contributed by atoms with Crippen molar-refractivity contribution in [1.29, 1.82) is 0 Å². The van der Waals surface area contributed by atoms with Crippen molar-refractivity contribution >= 4 is 11.6 Å². The van der Waals surface area contributed by atoms with Crippen LogP contribution >= 0.6 is 0 Å². The molecule has 7 heteroatoms. The number of benzene rings is 1. The smallest absolute Gasteiger partial charge is 0.227 e. The minimum atomic E-state index is 0.0881. The van der Waals surface area contributed by atoms with Gasteiger partial charge >= 0.3 is 0 Å². The molecule has 1 aliphatic carbocycles. The number of aromatic nitrogens is 1. The lowest BCUT2D eigenvalue weighted by Gasteiger charge is -2.18. The molecule has 0 bridgehead atoms. The van der Waals surface area contributed by atoms with Crippen molar-refractivity contribution in [2.75, 3.05) is 38.7 Å². The number of anilines is 1. The van der Waals surface area contributed by atoms with E-state index in [1.165, 1.54) is 0 Å². The van der Waals surface area contributed by atoms with Crippen LogP contribution in [0.4, 0.5) is 5.69 Å². The minimum absolute atomic E-state index is 0.0881.